The van der Waals surface area contributed by atoms with Crippen molar-refractivity contribution >= 4 is 21.7 Å². The van der Waals surface area contributed by atoms with Crippen LogP contribution >= 0.6 is 0 Å². The first-order chi connectivity index (χ1) is 9.88. The predicted octanol–water partition coefficient (Wildman–Crippen LogP) is 4.35. The van der Waals surface area contributed by atoms with E-state index < -0.39 is 0 Å². The Morgan fingerprint density at radius 2 is 1.85 bits per heavy atom. The number of pyridine rings is 2. The van der Waals surface area contributed by atoms with Crippen LogP contribution in [0.25, 0.3) is 21.7 Å². The van der Waals surface area contributed by atoms with Gasteiger partial charge in [0.25, 0.3) is 0 Å². The molecule has 0 aliphatic carbocycles. The van der Waals surface area contributed by atoms with E-state index >= 15 is 0 Å². The molecule has 3 heteroatoms. The summed E-state index contributed by atoms with van der Waals surface area (Å²) in [5.41, 5.74) is 0.984. The van der Waals surface area contributed by atoms with E-state index in [1.165, 1.54) is 12.8 Å². The number of unbranched alkanes of at least 4 members (excludes halogenated alkanes) is 2. The summed E-state index contributed by atoms with van der Waals surface area (Å²) in [5.74, 6) is 0.706. The van der Waals surface area contributed by atoms with Crippen LogP contribution in [0.15, 0.2) is 42.7 Å². The molecule has 0 radical (unpaired) electrons. The quantitative estimate of drug-likeness (QED) is 0.508. The third kappa shape index (κ3) is 2.57. The maximum Gasteiger partial charge on any atom is 0.213 e. The van der Waals surface area contributed by atoms with Crippen molar-refractivity contribution in [1.29, 1.82) is 0 Å². The maximum atomic E-state index is 5.74. The average Bonchev–Trinajstić information content (AvgIpc) is 2.51. The molecule has 0 bridgehead atoms. The molecule has 102 valence electrons. The number of ether oxygens (including phenoxy) is 1. The Hall–Kier alpha value is -2.16. The van der Waals surface area contributed by atoms with Gasteiger partial charge >= 0.3 is 0 Å². The molecule has 0 aliphatic heterocycles. The first-order valence-electron chi connectivity index (χ1n) is 7.15. The smallest absolute Gasteiger partial charge is 0.213 e. The van der Waals surface area contributed by atoms with Gasteiger partial charge in [0.15, 0.2) is 0 Å². The van der Waals surface area contributed by atoms with Crippen LogP contribution in [0.1, 0.15) is 26.2 Å². The molecular weight excluding hydrogens is 248 g/mol. The minimum Gasteiger partial charge on any atom is -0.478 e. The minimum absolute atomic E-state index is 0.706. The van der Waals surface area contributed by atoms with Crippen molar-refractivity contribution in [3.8, 4) is 5.88 Å². The van der Waals surface area contributed by atoms with Crippen LogP contribution in [0, 0.1) is 0 Å². The van der Waals surface area contributed by atoms with E-state index in [4.69, 9.17) is 4.74 Å². The molecule has 3 nitrogen and oxygen atoms in total. The second kappa shape index (κ2) is 5.87. The van der Waals surface area contributed by atoms with Gasteiger partial charge in [-0.2, -0.15) is 0 Å². The van der Waals surface area contributed by atoms with Crippen LogP contribution in [-0.2, 0) is 0 Å². The molecular formula is C17H18N2O. The molecule has 0 amide bonds. The van der Waals surface area contributed by atoms with Crippen LogP contribution in [-0.4, -0.2) is 16.6 Å². The third-order valence-corrected chi connectivity index (χ3v) is 3.45. The SMILES string of the molecule is CCCCCOc1ccc2ccc3cnccc3c2n1. The summed E-state index contributed by atoms with van der Waals surface area (Å²) in [7, 11) is 0. The number of aromatic nitrogens is 2. The third-order valence-electron chi connectivity index (χ3n) is 3.45. The molecule has 0 aliphatic rings. The molecule has 20 heavy (non-hydrogen) atoms. The lowest BCUT2D eigenvalue weighted by atomic mass is 10.1. The van der Waals surface area contributed by atoms with E-state index in [9.17, 15) is 0 Å². The normalized spacial score (nSPS) is 11.1. The van der Waals surface area contributed by atoms with Crippen molar-refractivity contribution in [1.82, 2.24) is 9.97 Å². The highest BCUT2D eigenvalue weighted by Crippen LogP contribution is 2.25. The zero-order chi connectivity index (χ0) is 13.8. The minimum atomic E-state index is 0.706. The van der Waals surface area contributed by atoms with E-state index in [2.05, 4.69) is 35.1 Å². The predicted molar refractivity (Wildman–Crippen MR) is 82.1 cm³/mol. The average molecular weight is 266 g/mol. The molecule has 2 heterocycles. The summed E-state index contributed by atoms with van der Waals surface area (Å²) in [6.45, 7) is 2.92. The van der Waals surface area contributed by atoms with Crippen LogP contribution in [0.2, 0.25) is 0 Å². The molecule has 2 aromatic heterocycles. The standard InChI is InChI=1S/C17H18N2O/c1-2-3-4-11-20-16-8-7-13-5-6-14-12-18-10-9-15(14)17(13)19-16/h5-10,12H,2-4,11H2,1H3. The van der Waals surface area contributed by atoms with Crippen LogP contribution in [0.4, 0.5) is 0 Å². The van der Waals surface area contributed by atoms with Gasteiger partial charge in [0.2, 0.25) is 5.88 Å². The van der Waals surface area contributed by atoms with Crippen molar-refractivity contribution < 1.29 is 4.74 Å². The number of rotatable bonds is 5. The van der Waals surface area contributed by atoms with E-state index in [-0.39, 0.29) is 0 Å². The molecule has 1 aromatic carbocycles. The summed E-state index contributed by atoms with van der Waals surface area (Å²) >= 11 is 0. The summed E-state index contributed by atoms with van der Waals surface area (Å²) in [5, 5.41) is 3.36. The number of hydrogen-bond donors (Lipinski definition) is 0. The van der Waals surface area contributed by atoms with E-state index in [1.807, 2.05) is 18.3 Å². The monoisotopic (exact) mass is 266 g/mol. The Kier molecular flexibility index (Phi) is 3.77. The van der Waals surface area contributed by atoms with Gasteiger partial charge in [-0.1, -0.05) is 31.9 Å². The molecule has 0 atom stereocenters. The van der Waals surface area contributed by atoms with Gasteiger partial charge in [-0.25, -0.2) is 4.98 Å². The summed E-state index contributed by atoms with van der Waals surface area (Å²) in [6, 6.07) is 10.2. The highest BCUT2D eigenvalue weighted by Gasteiger charge is 2.04. The Balaban J connectivity index is 1.94. The molecule has 0 fully saturated rings. The summed E-state index contributed by atoms with van der Waals surface area (Å²) in [4.78, 5) is 8.80. The second-order valence-electron chi connectivity index (χ2n) is 4.94. The molecule has 0 N–H and O–H groups in total. The number of hydrogen-bond acceptors (Lipinski definition) is 3. The largest absolute Gasteiger partial charge is 0.478 e. The van der Waals surface area contributed by atoms with Crippen molar-refractivity contribution in [3.05, 3.63) is 42.7 Å². The fourth-order valence-corrected chi connectivity index (χ4v) is 2.35. The summed E-state index contributed by atoms with van der Waals surface area (Å²) < 4.78 is 5.74. The fourth-order valence-electron chi connectivity index (χ4n) is 2.35. The number of nitrogens with zero attached hydrogens (tertiary/aromatic N) is 2. The second-order valence-corrected chi connectivity index (χ2v) is 4.94. The van der Waals surface area contributed by atoms with Gasteiger partial charge in [0.05, 0.1) is 12.1 Å². The first kappa shape index (κ1) is 12.9. The molecule has 3 rings (SSSR count). The highest BCUT2D eigenvalue weighted by molar-refractivity contribution is 6.04. The topological polar surface area (TPSA) is 35.0 Å². The lowest BCUT2D eigenvalue weighted by Gasteiger charge is -2.07. The van der Waals surface area contributed by atoms with Crippen LogP contribution in [0.5, 0.6) is 5.88 Å². The fraction of sp³-hybridized carbons (Fsp3) is 0.294. The van der Waals surface area contributed by atoms with Gasteiger partial charge in [-0.3, -0.25) is 4.98 Å². The highest BCUT2D eigenvalue weighted by atomic mass is 16.5. The first-order valence-corrected chi connectivity index (χ1v) is 7.15. The lowest BCUT2D eigenvalue weighted by molar-refractivity contribution is 0.296. The molecule has 0 unspecified atom stereocenters. The van der Waals surface area contributed by atoms with Gasteiger partial charge < -0.3 is 4.74 Å². The molecule has 0 saturated carbocycles. The van der Waals surface area contributed by atoms with E-state index in [1.54, 1.807) is 6.20 Å². The van der Waals surface area contributed by atoms with Crippen molar-refractivity contribution in [2.75, 3.05) is 6.61 Å². The van der Waals surface area contributed by atoms with Crippen molar-refractivity contribution in [3.63, 3.8) is 0 Å². The zero-order valence-corrected chi connectivity index (χ0v) is 11.7. The Morgan fingerprint density at radius 1 is 1.00 bits per heavy atom. The van der Waals surface area contributed by atoms with E-state index in [0.717, 1.165) is 34.7 Å². The molecule has 0 spiro atoms. The maximum absolute atomic E-state index is 5.74. The van der Waals surface area contributed by atoms with Crippen molar-refractivity contribution in [2.45, 2.75) is 26.2 Å². The Labute approximate surface area is 118 Å². The van der Waals surface area contributed by atoms with E-state index in [0.29, 0.717) is 5.88 Å². The van der Waals surface area contributed by atoms with Gasteiger partial charge in [-0.15, -0.1) is 0 Å². The van der Waals surface area contributed by atoms with Crippen molar-refractivity contribution in [2.24, 2.45) is 0 Å². The van der Waals surface area contributed by atoms with Gasteiger partial charge in [0, 0.05) is 34.6 Å². The summed E-state index contributed by atoms with van der Waals surface area (Å²) in [6.07, 6.45) is 7.15. The van der Waals surface area contributed by atoms with Gasteiger partial charge in [0.1, 0.15) is 0 Å². The Morgan fingerprint density at radius 3 is 2.75 bits per heavy atom. The zero-order valence-electron chi connectivity index (χ0n) is 11.7. The van der Waals surface area contributed by atoms with Gasteiger partial charge in [-0.05, 0) is 18.6 Å². The number of benzene rings is 1. The number of fused-ring (bicyclic) bond motifs is 3. The lowest BCUT2D eigenvalue weighted by Crippen LogP contribution is -1.99. The molecule has 3 aromatic rings. The van der Waals surface area contributed by atoms with Crippen LogP contribution < -0.4 is 4.74 Å². The molecule has 0 saturated heterocycles. The van der Waals surface area contributed by atoms with Crippen LogP contribution in [0.3, 0.4) is 0 Å². The Bertz CT molecular complexity index is 724.